The van der Waals surface area contributed by atoms with Gasteiger partial charge in [0.15, 0.2) is 0 Å². The Morgan fingerprint density at radius 1 is 1.42 bits per heavy atom. The van der Waals surface area contributed by atoms with Gasteiger partial charge in [0.05, 0.1) is 28.2 Å². The number of halogens is 2. The van der Waals surface area contributed by atoms with Crippen molar-refractivity contribution >= 4 is 44.8 Å². The molecule has 2 aromatic rings. The lowest BCUT2D eigenvalue weighted by molar-refractivity contribution is 0.0993. The standard InChI is InChI=1S/C13H11BrClN3O/c1-18(12-4-5-17-7-11(12)16)13(19)9-3-2-8(14)6-10(9)15/h2-7H,16H2,1H3. The summed E-state index contributed by atoms with van der Waals surface area (Å²) in [5, 5.41) is 0.388. The summed E-state index contributed by atoms with van der Waals surface area (Å²) in [6.07, 6.45) is 3.08. The van der Waals surface area contributed by atoms with Crippen LogP contribution in [0.15, 0.2) is 41.1 Å². The predicted molar refractivity (Wildman–Crippen MR) is 80.5 cm³/mol. The van der Waals surface area contributed by atoms with E-state index in [0.717, 1.165) is 4.47 Å². The molecule has 6 heteroatoms. The molecule has 0 saturated heterocycles. The summed E-state index contributed by atoms with van der Waals surface area (Å²) in [5.41, 5.74) is 7.26. The van der Waals surface area contributed by atoms with Gasteiger partial charge in [0.25, 0.3) is 5.91 Å². The first-order valence-corrected chi connectivity index (χ1v) is 6.60. The monoisotopic (exact) mass is 339 g/mol. The van der Waals surface area contributed by atoms with Crippen LogP contribution < -0.4 is 10.6 Å². The van der Waals surface area contributed by atoms with Crippen LogP contribution in [0.5, 0.6) is 0 Å². The van der Waals surface area contributed by atoms with Crippen LogP contribution in [-0.2, 0) is 0 Å². The molecule has 0 atom stereocenters. The van der Waals surface area contributed by atoms with Crippen LogP contribution in [-0.4, -0.2) is 17.9 Å². The molecule has 0 radical (unpaired) electrons. The van der Waals surface area contributed by atoms with Crippen LogP contribution >= 0.6 is 27.5 Å². The Morgan fingerprint density at radius 2 is 2.16 bits per heavy atom. The topological polar surface area (TPSA) is 59.2 Å². The smallest absolute Gasteiger partial charge is 0.259 e. The van der Waals surface area contributed by atoms with E-state index in [2.05, 4.69) is 20.9 Å². The number of pyridine rings is 1. The number of aromatic nitrogens is 1. The minimum Gasteiger partial charge on any atom is -0.396 e. The second-order valence-corrected chi connectivity index (χ2v) is 5.25. The Kier molecular flexibility index (Phi) is 4.07. The normalized spacial score (nSPS) is 10.3. The highest BCUT2D eigenvalue weighted by atomic mass is 79.9. The third-order valence-electron chi connectivity index (χ3n) is 2.66. The molecule has 0 aliphatic carbocycles. The van der Waals surface area contributed by atoms with E-state index in [1.165, 1.54) is 11.1 Å². The lowest BCUT2D eigenvalue weighted by atomic mass is 10.2. The second-order valence-electron chi connectivity index (χ2n) is 3.92. The minimum absolute atomic E-state index is 0.226. The molecule has 1 aromatic heterocycles. The first-order valence-electron chi connectivity index (χ1n) is 5.43. The highest BCUT2D eigenvalue weighted by Crippen LogP contribution is 2.26. The van der Waals surface area contributed by atoms with Crippen LogP contribution in [0.1, 0.15) is 10.4 Å². The maximum atomic E-state index is 12.4. The Bertz CT molecular complexity index is 633. The van der Waals surface area contributed by atoms with Gasteiger partial charge in [-0.25, -0.2) is 0 Å². The number of carbonyl (C=O) groups is 1. The molecule has 0 aliphatic heterocycles. The highest BCUT2D eigenvalue weighted by molar-refractivity contribution is 9.10. The van der Waals surface area contributed by atoms with Gasteiger partial charge in [-0.2, -0.15) is 0 Å². The zero-order valence-electron chi connectivity index (χ0n) is 10.1. The average molecular weight is 341 g/mol. The van der Waals surface area contributed by atoms with Crippen molar-refractivity contribution in [1.29, 1.82) is 0 Å². The van der Waals surface area contributed by atoms with Gasteiger partial charge in [0.1, 0.15) is 0 Å². The largest absolute Gasteiger partial charge is 0.396 e. The zero-order valence-corrected chi connectivity index (χ0v) is 12.4. The molecule has 2 rings (SSSR count). The number of nitrogen functional groups attached to an aromatic ring is 1. The van der Waals surface area contributed by atoms with E-state index >= 15 is 0 Å². The van der Waals surface area contributed by atoms with Gasteiger partial charge in [0.2, 0.25) is 0 Å². The molecule has 0 aliphatic rings. The van der Waals surface area contributed by atoms with Crippen molar-refractivity contribution in [1.82, 2.24) is 4.98 Å². The van der Waals surface area contributed by atoms with Crippen molar-refractivity contribution in [3.63, 3.8) is 0 Å². The summed E-state index contributed by atoms with van der Waals surface area (Å²) in [6, 6.07) is 6.80. The SMILES string of the molecule is CN(C(=O)c1ccc(Br)cc1Cl)c1ccncc1N. The molecule has 0 bridgehead atoms. The summed E-state index contributed by atoms with van der Waals surface area (Å²) in [5.74, 6) is -0.226. The van der Waals surface area contributed by atoms with Gasteiger partial charge in [-0.1, -0.05) is 27.5 Å². The highest BCUT2D eigenvalue weighted by Gasteiger charge is 2.18. The lowest BCUT2D eigenvalue weighted by Crippen LogP contribution is -2.27. The van der Waals surface area contributed by atoms with E-state index < -0.39 is 0 Å². The summed E-state index contributed by atoms with van der Waals surface area (Å²) in [6.45, 7) is 0. The molecule has 0 fully saturated rings. The molecule has 19 heavy (non-hydrogen) atoms. The Hall–Kier alpha value is -1.59. The van der Waals surface area contributed by atoms with E-state index in [4.69, 9.17) is 17.3 Å². The molecule has 98 valence electrons. The van der Waals surface area contributed by atoms with Crippen LogP contribution in [0.4, 0.5) is 11.4 Å². The summed E-state index contributed by atoms with van der Waals surface area (Å²) in [4.78, 5) is 17.7. The predicted octanol–water partition coefficient (Wildman–Crippen LogP) is 3.36. The molecule has 1 amide bonds. The number of benzene rings is 1. The fourth-order valence-corrected chi connectivity index (χ4v) is 2.41. The van der Waals surface area contributed by atoms with E-state index in [1.807, 2.05) is 0 Å². The fraction of sp³-hybridized carbons (Fsp3) is 0.0769. The number of rotatable bonds is 2. The molecule has 1 heterocycles. The van der Waals surface area contributed by atoms with E-state index in [-0.39, 0.29) is 5.91 Å². The quantitative estimate of drug-likeness (QED) is 0.912. The van der Waals surface area contributed by atoms with Crippen LogP contribution in [0.25, 0.3) is 0 Å². The van der Waals surface area contributed by atoms with Crippen molar-refractivity contribution in [2.75, 3.05) is 17.7 Å². The number of hydrogen-bond donors (Lipinski definition) is 1. The van der Waals surface area contributed by atoms with Gasteiger partial charge in [0, 0.05) is 17.7 Å². The molecular formula is C13H11BrClN3O. The first-order chi connectivity index (χ1) is 9.00. The fourth-order valence-electron chi connectivity index (χ4n) is 1.66. The molecular weight excluding hydrogens is 330 g/mol. The van der Waals surface area contributed by atoms with Crippen molar-refractivity contribution in [2.45, 2.75) is 0 Å². The third kappa shape index (κ3) is 2.88. The zero-order chi connectivity index (χ0) is 14.0. The summed E-state index contributed by atoms with van der Waals surface area (Å²) in [7, 11) is 1.65. The molecule has 0 spiro atoms. The molecule has 2 N–H and O–H groups in total. The summed E-state index contributed by atoms with van der Waals surface area (Å²) < 4.78 is 0.820. The van der Waals surface area contributed by atoms with Gasteiger partial charge >= 0.3 is 0 Å². The number of anilines is 2. The average Bonchev–Trinajstić information content (AvgIpc) is 2.38. The summed E-state index contributed by atoms with van der Waals surface area (Å²) >= 11 is 9.38. The van der Waals surface area contributed by atoms with Crippen LogP contribution in [0, 0.1) is 0 Å². The molecule has 4 nitrogen and oxygen atoms in total. The van der Waals surface area contributed by atoms with Gasteiger partial charge in [-0.3, -0.25) is 9.78 Å². The van der Waals surface area contributed by atoms with E-state index in [1.54, 1.807) is 37.5 Å². The van der Waals surface area contributed by atoms with Crippen molar-refractivity contribution in [3.05, 3.63) is 51.7 Å². The Labute approximate surface area is 124 Å². The number of amides is 1. The maximum absolute atomic E-state index is 12.4. The van der Waals surface area contributed by atoms with Crippen molar-refractivity contribution in [3.8, 4) is 0 Å². The third-order valence-corrected chi connectivity index (χ3v) is 3.46. The maximum Gasteiger partial charge on any atom is 0.259 e. The Morgan fingerprint density at radius 3 is 2.79 bits per heavy atom. The molecule has 1 aromatic carbocycles. The van der Waals surface area contributed by atoms with E-state index in [0.29, 0.717) is 22.0 Å². The first kappa shape index (κ1) is 13.8. The van der Waals surface area contributed by atoms with Crippen LogP contribution in [0.3, 0.4) is 0 Å². The minimum atomic E-state index is -0.226. The Balaban J connectivity index is 2.37. The van der Waals surface area contributed by atoms with E-state index in [9.17, 15) is 4.79 Å². The van der Waals surface area contributed by atoms with Crippen molar-refractivity contribution < 1.29 is 4.79 Å². The number of hydrogen-bond acceptors (Lipinski definition) is 3. The second kappa shape index (κ2) is 5.59. The van der Waals surface area contributed by atoms with Crippen molar-refractivity contribution in [2.24, 2.45) is 0 Å². The molecule has 0 saturated carbocycles. The number of nitrogens with zero attached hydrogens (tertiary/aromatic N) is 2. The van der Waals surface area contributed by atoms with Gasteiger partial charge < -0.3 is 10.6 Å². The lowest BCUT2D eigenvalue weighted by Gasteiger charge is -2.19. The number of nitrogens with two attached hydrogens (primary N) is 1. The van der Waals surface area contributed by atoms with Crippen LogP contribution in [0.2, 0.25) is 5.02 Å². The number of carbonyl (C=O) groups excluding carboxylic acids is 1. The molecule has 0 unspecified atom stereocenters. The van der Waals surface area contributed by atoms with Gasteiger partial charge in [-0.15, -0.1) is 0 Å². The van der Waals surface area contributed by atoms with Gasteiger partial charge in [-0.05, 0) is 24.3 Å².